The van der Waals surface area contributed by atoms with Crippen LogP contribution in [0.5, 0.6) is 0 Å². The fraction of sp³-hybridized carbons (Fsp3) is 0.625. The summed E-state index contributed by atoms with van der Waals surface area (Å²) in [6.45, 7) is 0.270. The first-order valence-corrected chi connectivity index (χ1v) is 4.40. The summed E-state index contributed by atoms with van der Waals surface area (Å²) in [5.41, 5.74) is 5.91. The highest BCUT2D eigenvalue weighted by Gasteiger charge is 2.26. The number of halogens is 3. The Labute approximate surface area is 84.8 Å². The minimum Gasteiger partial charge on any atom is -0.396 e. The van der Waals surface area contributed by atoms with Gasteiger partial charge < -0.3 is 10.5 Å². The third-order valence-corrected chi connectivity index (χ3v) is 1.65. The molecule has 0 fully saturated rings. The summed E-state index contributed by atoms with van der Waals surface area (Å²) < 4.78 is 41.4. The van der Waals surface area contributed by atoms with Crippen molar-refractivity contribution < 1.29 is 17.9 Å². The van der Waals surface area contributed by atoms with E-state index in [0.29, 0.717) is 12.2 Å². The number of hydrogen-bond acceptors (Lipinski definition) is 3. The van der Waals surface area contributed by atoms with E-state index in [1.807, 2.05) is 0 Å². The summed E-state index contributed by atoms with van der Waals surface area (Å²) in [6, 6.07) is 0. The Morgan fingerprint density at radius 2 is 2.13 bits per heavy atom. The lowest BCUT2D eigenvalue weighted by Crippen LogP contribution is -2.13. The Morgan fingerprint density at radius 1 is 1.40 bits per heavy atom. The second-order valence-electron chi connectivity index (χ2n) is 3.01. The van der Waals surface area contributed by atoms with Crippen LogP contribution < -0.4 is 5.73 Å². The molecule has 1 aromatic rings. The maximum absolute atomic E-state index is 11.7. The number of ether oxygens (including phenoxy) is 1. The molecule has 7 heteroatoms. The van der Waals surface area contributed by atoms with Gasteiger partial charge in [0.25, 0.3) is 0 Å². The van der Waals surface area contributed by atoms with Crippen molar-refractivity contribution in [2.24, 2.45) is 0 Å². The van der Waals surface area contributed by atoms with Crippen LogP contribution in [0.4, 0.5) is 18.9 Å². The van der Waals surface area contributed by atoms with Crippen molar-refractivity contribution in [3.63, 3.8) is 0 Å². The third-order valence-electron chi connectivity index (χ3n) is 1.65. The molecule has 2 N–H and O–H groups in total. The van der Waals surface area contributed by atoms with E-state index in [-0.39, 0.29) is 13.2 Å². The first-order valence-electron chi connectivity index (χ1n) is 4.40. The fourth-order valence-corrected chi connectivity index (χ4v) is 0.950. The Kier molecular flexibility index (Phi) is 3.96. The molecule has 1 rings (SSSR count). The van der Waals surface area contributed by atoms with Crippen molar-refractivity contribution in [3.05, 3.63) is 12.4 Å². The van der Waals surface area contributed by atoms with Gasteiger partial charge >= 0.3 is 6.18 Å². The molecule has 4 nitrogen and oxygen atoms in total. The number of alkyl halides is 3. The summed E-state index contributed by atoms with van der Waals surface area (Å²) >= 11 is 0. The molecular formula is C8H12F3N3O. The topological polar surface area (TPSA) is 53.1 Å². The van der Waals surface area contributed by atoms with E-state index in [0.717, 1.165) is 0 Å². The van der Waals surface area contributed by atoms with Crippen LogP contribution in [0.3, 0.4) is 0 Å². The lowest BCUT2D eigenvalue weighted by molar-refractivity contribution is -0.145. The Bertz CT molecular complexity index is 298. The van der Waals surface area contributed by atoms with Crippen LogP contribution in [-0.4, -0.2) is 29.2 Å². The molecular weight excluding hydrogens is 211 g/mol. The van der Waals surface area contributed by atoms with E-state index in [4.69, 9.17) is 10.5 Å². The maximum Gasteiger partial charge on any atom is 0.391 e. The zero-order valence-electron chi connectivity index (χ0n) is 8.00. The van der Waals surface area contributed by atoms with E-state index < -0.39 is 12.6 Å². The van der Waals surface area contributed by atoms with Gasteiger partial charge in [0.2, 0.25) is 0 Å². The average Bonchev–Trinajstić information content (AvgIpc) is 2.49. The predicted octanol–water partition coefficient (Wildman–Crippen LogP) is 1.43. The fourth-order valence-electron chi connectivity index (χ4n) is 0.950. The van der Waals surface area contributed by atoms with E-state index in [9.17, 15) is 13.2 Å². The van der Waals surface area contributed by atoms with Crippen molar-refractivity contribution >= 4 is 5.69 Å². The molecule has 0 spiro atoms. The van der Waals surface area contributed by atoms with Gasteiger partial charge in [0, 0.05) is 6.20 Å². The minimum atomic E-state index is -4.16. The number of nitrogens with zero attached hydrogens (tertiary/aromatic N) is 2. The second kappa shape index (κ2) is 5.01. The van der Waals surface area contributed by atoms with Crippen molar-refractivity contribution in [2.75, 3.05) is 18.9 Å². The van der Waals surface area contributed by atoms with E-state index in [1.54, 1.807) is 6.20 Å². The molecule has 0 saturated heterocycles. The van der Waals surface area contributed by atoms with Gasteiger partial charge in [-0.1, -0.05) is 0 Å². The summed E-state index contributed by atoms with van der Waals surface area (Å²) in [6.07, 6.45) is -2.02. The number of anilines is 1. The summed E-state index contributed by atoms with van der Waals surface area (Å²) in [4.78, 5) is 0. The normalized spacial score (nSPS) is 11.9. The van der Waals surface area contributed by atoms with Crippen molar-refractivity contribution in [2.45, 2.75) is 19.1 Å². The quantitative estimate of drug-likeness (QED) is 0.768. The Hall–Kier alpha value is -1.24. The summed E-state index contributed by atoms with van der Waals surface area (Å²) in [5.74, 6) is 0. The lowest BCUT2D eigenvalue weighted by atomic mass is 10.4. The predicted molar refractivity (Wildman–Crippen MR) is 48.1 cm³/mol. The molecule has 0 aromatic carbocycles. The average molecular weight is 223 g/mol. The van der Waals surface area contributed by atoms with Crippen molar-refractivity contribution in [3.8, 4) is 0 Å². The molecule has 0 aliphatic carbocycles. The van der Waals surface area contributed by atoms with Crippen LogP contribution in [-0.2, 0) is 11.3 Å². The molecule has 0 saturated carbocycles. The highest BCUT2D eigenvalue weighted by molar-refractivity contribution is 5.30. The van der Waals surface area contributed by atoms with Gasteiger partial charge in [0.1, 0.15) is 0 Å². The second-order valence-corrected chi connectivity index (χ2v) is 3.01. The van der Waals surface area contributed by atoms with Crippen LogP contribution in [0.1, 0.15) is 6.42 Å². The van der Waals surface area contributed by atoms with Gasteiger partial charge in [-0.3, -0.25) is 4.68 Å². The summed E-state index contributed by atoms with van der Waals surface area (Å²) in [5, 5.41) is 3.85. The molecule has 0 bridgehead atoms. The molecule has 0 radical (unpaired) electrons. The van der Waals surface area contributed by atoms with Crippen LogP contribution in [0.15, 0.2) is 12.4 Å². The first-order chi connectivity index (χ1) is 6.97. The molecule has 1 aromatic heterocycles. The minimum absolute atomic E-state index is 0.192. The van der Waals surface area contributed by atoms with Gasteiger partial charge in [0.15, 0.2) is 0 Å². The largest absolute Gasteiger partial charge is 0.396 e. The highest BCUT2D eigenvalue weighted by Crippen LogP contribution is 2.18. The van der Waals surface area contributed by atoms with E-state index in [1.165, 1.54) is 10.9 Å². The van der Waals surface area contributed by atoms with Gasteiger partial charge in [0.05, 0.1) is 38.1 Å². The van der Waals surface area contributed by atoms with E-state index >= 15 is 0 Å². The van der Waals surface area contributed by atoms with Gasteiger partial charge in [-0.2, -0.15) is 18.3 Å². The number of nitrogen functional groups attached to an aromatic ring is 1. The van der Waals surface area contributed by atoms with Gasteiger partial charge in [-0.05, 0) is 0 Å². The SMILES string of the molecule is Nc1cnn(CCOCCC(F)(F)F)c1. The number of aromatic nitrogens is 2. The van der Waals surface area contributed by atoms with Crippen molar-refractivity contribution in [1.29, 1.82) is 0 Å². The smallest absolute Gasteiger partial charge is 0.391 e. The molecule has 0 amide bonds. The lowest BCUT2D eigenvalue weighted by Gasteiger charge is -2.06. The van der Waals surface area contributed by atoms with Gasteiger partial charge in [-0.15, -0.1) is 0 Å². The molecule has 1 heterocycles. The van der Waals surface area contributed by atoms with Crippen LogP contribution in [0.25, 0.3) is 0 Å². The standard InChI is InChI=1S/C8H12F3N3O/c9-8(10,11)1-3-15-4-2-14-6-7(12)5-13-14/h5-6H,1-4,12H2. The number of hydrogen-bond donors (Lipinski definition) is 1. The molecule has 0 aliphatic rings. The first kappa shape index (κ1) is 11.8. The molecule has 86 valence electrons. The maximum atomic E-state index is 11.7. The number of rotatable bonds is 5. The monoisotopic (exact) mass is 223 g/mol. The summed E-state index contributed by atoms with van der Waals surface area (Å²) in [7, 11) is 0. The van der Waals surface area contributed by atoms with Crippen molar-refractivity contribution in [1.82, 2.24) is 9.78 Å². The van der Waals surface area contributed by atoms with Gasteiger partial charge in [-0.25, -0.2) is 0 Å². The van der Waals surface area contributed by atoms with Crippen LogP contribution >= 0.6 is 0 Å². The Morgan fingerprint density at radius 3 is 2.67 bits per heavy atom. The molecule has 0 unspecified atom stereocenters. The Balaban J connectivity index is 2.07. The molecule has 15 heavy (non-hydrogen) atoms. The van der Waals surface area contributed by atoms with E-state index in [2.05, 4.69) is 5.10 Å². The molecule has 0 aliphatic heterocycles. The number of nitrogens with two attached hydrogens (primary N) is 1. The zero-order chi connectivity index (χ0) is 11.3. The van der Waals surface area contributed by atoms with Crippen LogP contribution in [0, 0.1) is 0 Å². The molecule has 0 atom stereocenters. The zero-order valence-corrected chi connectivity index (χ0v) is 8.00. The van der Waals surface area contributed by atoms with Crippen LogP contribution in [0.2, 0.25) is 0 Å². The highest BCUT2D eigenvalue weighted by atomic mass is 19.4. The third kappa shape index (κ3) is 5.26.